The topological polar surface area (TPSA) is 84.7 Å². The summed E-state index contributed by atoms with van der Waals surface area (Å²) < 4.78 is 1.86. The van der Waals surface area contributed by atoms with Crippen LogP contribution in [0.1, 0.15) is 41.9 Å². The van der Waals surface area contributed by atoms with Crippen molar-refractivity contribution < 1.29 is 4.79 Å². The normalized spacial score (nSPS) is 17.0. The van der Waals surface area contributed by atoms with E-state index in [4.69, 9.17) is 10.1 Å². The summed E-state index contributed by atoms with van der Waals surface area (Å²) >= 11 is 0. The van der Waals surface area contributed by atoms with Gasteiger partial charge < -0.3 is 10.6 Å². The number of amides is 1. The fraction of sp³-hybridized carbons (Fsp3) is 0.333. The Hall–Kier alpha value is -3.22. The fourth-order valence-corrected chi connectivity index (χ4v) is 4.19. The van der Waals surface area contributed by atoms with E-state index in [1.807, 2.05) is 41.2 Å². The van der Waals surface area contributed by atoms with Crippen molar-refractivity contribution in [3.8, 4) is 11.4 Å². The number of para-hydroxylation sites is 1. The van der Waals surface area contributed by atoms with Crippen molar-refractivity contribution >= 4 is 17.5 Å². The van der Waals surface area contributed by atoms with Gasteiger partial charge in [0.2, 0.25) is 5.95 Å². The summed E-state index contributed by atoms with van der Waals surface area (Å²) in [5.74, 6) is 0.489. The van der Waals surface area contributed by atoms with E-state index in [-0.39, 0.29) is 11.3 Å². The summed E-state index contributed by atoms with van der Waals surface area (Å²) in [5.41, 5.74) is 5.06. The molecule has 7 nitrogen and oxygen atoms in total. The Labute approximate surface area is 163 Å². The molecule has 2 aliphatic rings. The third-order valence-electron chi connectivity index (χ3n) is 5.43. The first kappa shape index (κ1) is 16.9. The molecular weight excluding hydrogens is 352 g/mol. The number of aryl methyl sites for hydroxylation is 1. The lowest BCUT2D eigenvalue weighted by Crippen LogP contribution is -2.31. The lowest BCUT2D eigenvalue weighted by atomic mass is 9.73. The number of nitrogens with one attached hydrogen (secondary N) is 2. The molecule has 2 N–H and O–H groups in total. The van der Waals surface area contributed by atoms with Gasteiger partial charge in [0.1, 0.15) is 11.4 Å². The maximum absolute atomic E-state index is 12.7. The van der Waals surface area contributed by atoms with E-state index in [0.717, 1.165) is 47.6 Å². The van der Waals surface area contributed by atoms with Gasteiger partial charge in [-0.2, -0.15) is 5.10 Å². The zero-order valence-corrected chi connectivity index (χ0v) is 16.0. The third-order valence-corrected chi connectivity index (χ3v) is 5.43. The van der Waals surface area contributed by atoms with Crippen LogP contribution in [-0.2, 0) is 18.4 Å². The summed E-state index contributed by atoms with van der Waals surface area (Å²) in [7, 11) is 0. The molecule has 5 rings (SSSR count). The molecule has 1 amide bonds. The number of anilines is 2. The van der Waals surface area contributed by atoms with Crippen molar-refractivity contribution in [2.45, 2.75) is 38.6 Å². The average Bonchev–Trinajstić information content (AvgIpc) is 2.99. The van der Waals surface area contributed by atoms with Gasteiger partial charge in [-0.1, -0.05) is 32.0 Å². The number of nitrogens with zero attached hydrogens (tertiary/aromatic N) is 4. The lowest BCUT2D eigenvalue weighted by molar-refractivity contribution is 0.0948. The van der Waals surface area contributed by atoms with Crippen LogP contribution >= 0.6 is 0 Å². The minimum absolute atomic E-state index is 0.0422. The SMILES string of the molecule is CC1(C)Cc2cnc(Nc3ccccc3)nc2-c2nn3c(c21)C(=O)NCCC3. The van der Waals surface area contributed by atoms with Crippen LogP contribution in [0.4, 0.5) is 11.6 Å². The summed E-state index contributed by atoms with van der Waals surface area (Å²) in [5, 5.41) is 11.1. The van der Waals surface area contributed by atoms with Gasteiger partial charge in [-0.3, -0.25) is 9.48 Å². The van der Waals surface area contributed by atoms with E-state index < -0.39 is 0 Å². The largest absolute Gasteiger partial charge is 0.351 e. The maximum Gasteiger partial charge on any atom is 0.269 e. The van der Waals surface area contributed by atoms with Gasteiger partial charge in [0.15, 0.2) is 0 Å². The van der Waals surface area contributed by atoms with Crippen LogP contribution in [0.3, 0.4) is 0 Å². The molecule has 2 aromatic heterocycles. The first-order valence-electron chi connectivity index (χ1n) is 9.61. The monoisotopic (exact) mass is 374 g/mol. The molecule has 0 radical (unpaired) electrons. The smallest absolute Gasteiger partial charge is 0.269 e. The van der Waals surface area contributed by atoms with Crippen molar-refractivity contribution in [3.63, 3.8) is 0 Å². The highest BCUT2D eigenvalue weighted by Crippen LogP contribution is 2.44. The standard InChI is InChI=1S/C21H22N6O/c1-21(2)11-13-12-23-20(24-14-7-4-3-5-8-14)25-16(13)17-15(21)18-19(28)22-9-6-10-27(18)26-17/h3-5,7-8,12H,6,9-11H2,1-2H3,(H,22,28)(H,23,24,25). The third kappa shape index (κ3) is 2.66. The Morgan fingerprint density at radius 1 is 1.18 bits per heavy atom. The van der Waals surface area contributed by atoms with E-state index >= 15 is 0 Å². The minimum atomic E-state index is -0.213. The van der Waals surface area contributed by atoms with Gasteiger partial charge >= 0.3 is 0 Å². The Kier molecular flexibility index (Phi) is 3.72. The van der Waals surface area contributed by atoms with Gasteiger partial charge in [0.25, 0.3) is 5.91 Å². The summed E-state index contributed by atoms with van der Waals surface area (Å²) in [4.78, 5) is 22.0. The Morgan fingerprint density at radius 3 is 2.82 bits per heavy atom. The quantitative estimate of drug-likeness (QED) is 0.720. The predicted octanol–water partition coefficient (Wildman–Crippen LogP) is 3.05. The van der Waals surface area contributed by atoms with Gasteiger partial charge in [0.05, 0.1) is 5.69 Å². The summed E-state index contributed by atoms with van der Waals surface area (Å²) in [6, 6.07) is 9.84. The van der Waals surface area contributed by atoms with Crippen LogP contribution < -0.4 is 10.6 Å². The van der Waals surface area contributed by atoms with E-state index in [1.54, 1.807) is 0 Å². The number of carbonyl (C=O) groups excluding carboxylic acids is 1. The predicted molar refractivity (Wildman–Crippen MR) is 107 cm³/mol. The van der Waals surface area contributed by atoms with Crippen LogP contribution in [0.15, 0.2) is 36.5 Å². The van der Waals surface area contributed by atoms with Gasteiger partial charge in [0, 0.05) is 30.5 Å². The first-order valence-corrected chi connectivity index (χ1v) is 9.61. The number of carbonyl (C=O) groups is 1. The molecule has 0 bridgehead atoms. The van der Waals surface area contributed by atoms with Crippen molar-refractivity contribution in [3.05, 3.63) is 53.3 Å². The molecule has 142 valence electrons. The fourth-order valence-electron chi connectivity index (χ4n) is 4.19. The van der Waals surface area contributed by atoms with E-state index in [1.165, 1.54) is 0 Å². The highest BCUT2D eigenvalue weighted by atomic mass is 16.2. The second kappa shape index (κ2) is 6.15. The van der Waals surface area contributed by atoms with Crippen LogP contribution in [0.25, 0.3) is 11.4 Å². The van der Waals surface area contributed by atoms with Crippen LogP contribution in [0.2, 0.25) is 0 Å². The lowest BCUT2D eigenvalue weighted by Gasteiger charge is -2.31. The number of benzene rings is 1. The molecule has 28 heavy (non-hydrogen) atoms. The Bertz CT molecular complexity index is 1070. The van der Waals surface area contributed by atoms with E-state index in [0.29, 0.717) is 18.2 Å². The number of aromatic nitrogens is 4. The summed E-state index contributed by atoms with van der Waals surface area (Å²) in [6.45, 7) is 5.73. The Balaban J connectivity index is 1.64. The zero-order chi connectivity index (χ0) is 19.3. The molecule has 0 atom stereocenters. The number of rotatable bonds is 2. The second-order valence-corrected chi connectivity index (χ2v) is 8.02. The minimum Gasteiger partial charge on any atom is -0.351 e. The van der Waals surface area contributed by atoms with Crippen LogP contribution in [0.5, 0.6) is 0 Å². The molecule has 7 heteroatoms. The average molecular weight is 374 g/mol. The molecule has 0 saturated heterocycles. The molecule has 3 heterocycles. The molecule has 0 saturated carbocycles. The maximum atomic E-state index is 12.7. The molecule has 0 fully saturated rings. The second-order valence-electron chi connectivity index (χ2n) is 8.02. The van der Waals surface area contributed by atoms with Crippen molar-refractivity contribution in [2.75, 3.05) is 11.9 Å². The van der Waals surface area contributed by atoms with Gasteiger partial charge in [-0.15, -0.1) is 0 Å². The summed E-state index contributed by atoms with van der Waals surface area (Å²) in [6.07, 6.45) is 3.52. The molecule has 3 aromatic rings. The number of fused-ring (bicyclic) bond motifs is 5. The van der Waals surface area contributed by atoms with Gasteiger partial charge in [-0.05, 0) is 36.0 Å². The zero-order valence-electron chi connectivity index (χ0n) is 16.0. The highest BCUT2D eigenvalue weighted by Gasteiger charge is 2.40. The molecule has 1 aliphatic carbocycles. The molecule has 0 unspecified atom stereocenters. The Morgan fingerprint density at radius 2 is 2.00 bits per heavy atom. The molecular formula is C21H22N6O. The highest BCUT2D eigenvalue weighted by molar-refractivity contribution is 5.97. The van der Waals surface area contributed by atoms with Gasteiger partial charge in [-0.25, -0.2) is 9.97 Å². The number of hydrogen-bond donors (Lipinski definition) is 2. The van der Waals surface area contributed by atoms with E-state index in [2.05, 4.69) is 29.5 Å². The van der Waals surface area contributed by atoms with Crippen LogP contribution in [-0.4, -0.2) is 32.2 Å². The first-order chi connectivity index (χ1) is 13.5. The van der Waals surface area contributed by atoms with Crippen molar-refractivity contribution in [1.82, 2.24) is 25.1 Å². The van der Waals surface area contributed by atoms with Crippen molar-refractivity contribution in [2.24, 2.45) is 0 Å². The van der Waals surface area contributed by atoms with Crippen molar-refractivity contribution in [1.29, 1.82) is 0 Å². The van der Waals surface area contributed by atoms with Crippen LogP contribution in [0, 0.1) is 0 Å². The number of hydrogen-bond acceptors (Lipinski definition) is 5. The molecule has 1 aliphatic heterocycles. The molecule has 1 aromatic carbocycles. The molecule has 0 spiro atoms. The van der Waals surface area contributed by atoms with E-state index in [9.17, 15) is 4.79 Å².